The number of aliphatic imine (C=N–C) groups is 1. The van der Waals surface area contributed by atoms with Crippen molar-refractivity contribution in [1.82, 2.24) is 31.5 Å². The van der Waals surface area contributed by atoms with Gasteiger partial charge < -0.3 is 43.0 Å². The van der Waals surface area contributed by atoms with Gasteiger partial charge in [0.1, 0.15) is 36.0 Å². The Morgan fingerprint density at radius 3 is 1.65 bits per heavy atom. The van der Waals surface area contributed by atoms with Gasteiger partial charge in [-0.3, -0.25) is 43.3 Å². The van der Waals surface area contributed by atoms with Gasteiger partial charge in [0.25, 0.3) is 0 Å². The predicted molar refractivity (Wildman–Crippen MR) is 246 cm³/mol. The lowest BCUT2D eigenvalue weighted by Crippen LogP contribution is -2.60. The average molecular weight is 890 g/mol. The zero-order valence-corrected chi connectivity index (χ0v) is 39.8. The van der Waals surface area contributed by atoms with E-state index < -0.39 is 77.5 Å². The van der Waals surface area contributed by atoms with E-state index in [4.69, 9.17) is 11.5 Å². The van der Waals surface area contributed by atoms with Crippen molar-refractivity contribution < 1.29 is 38.4 Å². The first-order chi connectivity index (χ1) is 29.8. The monoisotopic (exact) mass is 890 g/mol. The molecule has 0 bridgehead atoms. The first-order valence-electron chi connectivity index (χ1n) is 23.7. The summed E-state index contributed by atoms with van der Waals surface area (Å²) in [6, 6.07) is -6.14. The molecule has 0 radical (unpaired) electrons. The van der Waals surface area contributed by atoms with Crippen molar-refractivity contribution in [1.29, 1.82) is 0 Å². The quantitative estimate of drug-likeness (QED) is 0.0284. The fourth-order valence-electron chi connectivity index (χ4n) is 7.64. The summed E-state index contributed by atoms with van der Waals surface area (Å²) in [5, 5.41) is 13.6. The van der Waals surface area contributed by atoms with Crippen LogP contribution >= 0.6 is 0 Å². The molecule has 0 spiro atoms. The van der Waals surface area contributed by atoms with Crippen LogP contribution in [0.5, 0.6) is 0 Å². The third-order valence-corrected chi connectivity index (χ3v) is 11.5. The second kappa shape index (κ2) is 31.3. The van der Waals surface area contributed by atoms with Gasteiger partial charge in [-0.2, -0.15) is 0 Å². The number of likely N-dealkylation sites (tertiary alicyclic amines) is 1. The fraction of sp³-hybridized carbons (Fsp3) is 0.804. The maximum Gasteiger partial charge on any atom is 0.245 e. The molecule has 1 aliphatic heterocycles. The van der Waals surface area contributed by atoms with E-state index >= 15 is 0 Å². The Kier molecular flexibility index (Phi) is 28.0. The standard InChI is InChI=1S/C46H83N9O8/c1-9-10-11-12-13-14-15-16-17-18-19-20-21-26-38(58)53-39(30(2)3)44(62)51-35(24-22-27-49-46(47)48)45(63)55-28-23-25-37(55)42(60)54-40(31(4)5)43(61)50-33(7)41(59)52-36(34(8)57)29-32(6)56/h30-31,33,35-37,39-40H,9-29H2,1-8H3,(H,50,61)(H,51,62)(H,52,59)(H,53,58)(H,54,60)(H4,47,48,49)/t33-,35-,36-,37-,39-,40-/m0/s1. The van der Waals surface area contributed by atoms with Gasteiger partial charge in [-0.25, -0.2) is 0 Å². The highest BCUT2D eigenvalue weighted by Gasteiger charge is 2.40. The molecule has 6 amide bonds. The fourth-order valence-corrected chi connectivity index (χ4v) is 7.64. The van der Waals surface area contributed by atoms with Crippen LogP contribution in [-0.2, 0) is 38.4 Å². The van der Waals surface area contributed by atoms with Gasteiger partial charge in [-0.05, 0) is 64.7 Å². The maximum absolute atomic E-state index is 14.3. The molecule has 0 aromatic rings. The third kappa shape index (κ3) is 23.1. The normalized spacial score (nSPS) is 16.0. The summed E-state index contributed by atoms with van der Waals surface area (Å²) >= 11 is 0. The Morgan fingerprint density at radius 1 is 0.635 bits per heavy atom. The number of nitrogens with two attached hydrogens (primary N) is 2. The minimum Gasteiger partial charge on any atom is -0.370 e. The molecule has 1 fully saturated rings. The van der Waals surface area contributed by atoms with Crippen molar-refractivity contribution in [2.45, 2.75) is 214 Å². The van der Waals surface area contributed by atoms with E-state index in [2.05, 4.69) is 38.5 Å². The zero-order chi connectivity index (χ0) is 47.5. The summed E-state index contributed by atoms with van der Waals surface area (Å²) < 4.78 is 0. The lowest BCUT2D eigenvalue weighted by Gasteiger charge is -2.32. The maximum atomic E-state index is 14.3. The molecule has 63 heavy (non-hydrogen) atoms. The summed E-state index contributed by atoms with van der Waals surface area (Å²) in [6.45, 7) is 13.7. The topological polar surface area (TPSA) is 264 Å². The Hall–Kier alpha value is -4.57. The molecule has 0 aromatic carbocycles. The zero-order valence-electron chi connectivity index (χ0n) is 39.8. The minimum atomic E-state index is -1.10. The number of guanidine groups is 1. The van der Waals surface area contributed by atoms with Crippen LogP contribution in [-0.4, -0.2) is 107 Å². The number of Topliss-reactive ketones (excluding diaryl/α,β-unsaturated/α-hetero) is 2. The minimum absolute atomic E-state index is 0.115. The highest BCUT2D eigenvalue weighted by atomic mass is 16.2. The molecule has 0 saturated carbocycles. The summed E-state index contributed by atoms with van der Waals surface area (Å²) in [4.78, 5) is 110. The molecule has 1 rings (SSSR count). The van der Waals surface area contributed by atoms with Crippen LogP contribution < -0.4 is 38.1 Å². The number of hydrogen-bond acceptors (Lipinski definition) is 9. The predicted octanol–water partition coefficient (Wildman–Crippen LogP) is 3.84. The second-order valence-electron chi connectivity index (χ2n) is 18.0. The van der Waals surface area contributed by atoms with Crippen LogP contribution in [0, 0.1) is 11.8 Å². The van der Waals surface area contributed by atoms with Crippen molar-refractivity contribution in [3.05, 3.63) is 0 Å². The molecule has 0 aromatic heterocycles. The Labute approximate surface area is 377 Å². The van der Waals surface area contributed by atoms with Gasteiger partial charge in [0.05, 0.1) is 6.04 Å². The highest BCUT2D eigenvalue weighted by Crippen LogP contribution is 2.21. The number of rotatable bonds is 33. The summed E-state index contributed by atoms with van der Waals surface area (Å²) in [6.07, 6.45) is 16.9. The van der Waals surface area contributed by atoms with Crippen molar-refractivity contribution in [3.63, 3.8) is 0 Å². The van der Waals surface area contributed by atoms with E-state index in [1.54, 1.807) is 13.8 Å². The van der Waals surface area contributed by atoms with Gasteiger partial charge in [0.2, 0.25) is 35.4 Å². The highest BCUT2D eigenvalue weighted by molar-refractivity contribution is 5.98. The molecule has 1 aliphatic rings. The number of nitrogens with one attached hydrogen (secondary N) is 5. The van der Waals surface area contributed by atoms with Gasteiger partial charge in [0.15, 0.2) is 11.7 Å². The van der Waals surface area contributed by atoms with Crippen LogP contribution in [0.15, 0.2) is 4.99 Å². The molecular weight excluding hydrogens is 807 g/mol. The molecule has 1 saturated heterocycles. The van der Waals surface area contributed by atoms with Gasteiger partial charge in [-0.1, -0.05) is 112 Å². The molecule has 17 nitrogen and oxygen atoms in total. The summed E-state index contributed by atoms with van der Waals surface area (Å²) in [5.41, 5.74) is 11.0. The van der Waals surface area contributed by atoms with Crippen molar-refractivity contribution in [3.8, 4) is 0 Å². The second-order valence-corrected chi connectivity index (χ2v) is 18.0. The first kappa shape index (κ1) is 56.4. The van der Waals surface area contributed by atoms with E-state index in [0.717, 1.165) is 25.7 Å². The van der Waals surface area contributed by atoms with E-state index in [-0.39, 0.29) is 49.5 Å². The Morgan fingerprint density at radius 2 is 1.14 bits per heavy atom. The van der Waals surface area contributed by atoms with E-state index in [9.17, 15) is 38.4 Å². The number of nitrogens with zero attached hydrogens (tertiary/aromatic N) is 2. The average Bonchev–Trinajstić information content (AvgIpc) is 3.71. The van der Waals surface area contributed by atoms with Gasteiger partial charge >= 0.3 is 0 Å². The lowest BCUT2D eigenvalue weighted by atomic mass is 10.0. The molecule has 6 atom stereocenters. The van der Waals surface area contributed by atoms with Gasteiger partial charge in [-0.15, -0.1) is 0 Å². The van der Waals surface area contributed by atoms with E-state index in [1.807, 2.05) is 13.8 Å². The van der Waals surface area contributed by atoms with Crippen molar-refractivity contribution in [2.24, 2.45) is 28.3 Å². The SMILES string of the molecule is CCCCCCCCCCCCCCCC(=O)N[C@H](C(=O)N[C@@H](CCCN=C(N)N)C(=O)N1CCC[C@H]1C(=O)N[C@H](C(=O)N[C@@H](C)C(=O)N[C@@H](CC(C)=O)C(C)=O)C(C)C)C(C)C. The van der Waals surface area contributed by atoms with Gasteiger partial charge in [0, 0.05) is 25.9 Å². The first-order valence-corrected chi connectivity index (χ1v) is 23.7. The number of unbranched alkanes of at least 4 members (excludes halogenated alkanes) is 12. The third-order valence-electron chi connectivity index (χ3n) is 11.5. The molecule has 1 heterocycles. The van der Waals surface area contributed by atoms with Crippen LogP contribution in [0.3, 0.4) is 0 Å². The number of hydrogen-bond donors (Lipinski definition) is 7. The number of amides is 6. The van der Waals surface area contributed by atoms with Crippen LogP contribution in [0.25, 0.3) is 0 Å². The smallest absolute Gasteiger partial charge is 0.245 e. The molecule has 17 heteroatoms. The molecule has 360 valence electrons. The molecule has 9 N–H and O–H groups in total. The van der Waals surface area contributed by atoms with Crippen molar-refractivity contribution in [2.75, 3.05) is 13.1 Å². The largest absolute Gasteiger partial charge is 0.370 e. The summed E-state index contributed by atoms with van der Waals surface area (Å²) in [7, 11) is 0. The number of carbonyl (C=O) groups is 8. The number of ketones is 2. The Balaban J connectivity index is 2.93. The summed E-state index contributed by atoms with van der Waals surface area (Å²) in [5.74, 6) is -4.65. The lowest BCUT2D eigenvalue weighted by molar-refractivity contribution is -0.143. The van der Waals surface area contributed by atoms with Crippen LogP contribution in [0.1, 0.15) is 177 Å². The van der Waals surface area contributed by atoms with Crippen molar-refractivity contribution >= 4 is 53.0 Å². The molecular formula is C46H83N9O8. The molecule has 0 aliphatic carbocycles. The molecule has 0 unspecified atom stereocenters. The number of carbonyl (C=O) groups excluding carboxylic acids is 8. The Bertz CT molecular complexity index is 1500. The van der Waals surface area contributed by atoms with E-state index in [1.165, 1.54) is 83.5 Å². The van der Waals surface area contributed by atoms with Crippen LogP contribution in [0.4, 0.5) is 0 Å². The van der Waals surface area contributed by atoms with Crippen LogP contribution in [0.2, 0.25) is 0 Å². The van der Waals surface area contributed by atoms with E-state index in [0.29, 0.717) is 25.7 Å².